The summed E-state index contributed by atoms with van der Waals surface area (Å²) in [5, 5.41) is 8.49. The van der Waals surface area contributed by atoms with Gasteiger partial charge in [0.2, 0.25) is 0 Å². The zero-order valence-electron chi connectivity index (χ0n) is 13.3. The summed E-state index contributed by atoms with van der Waals surface area (Å²) in [4.78, 5) is 23.8. The summed E-state index contributed by atoms with van der Waals surface area (Å²) in [7, 11) is 1.46. The van der Waals surface area contributed by atoms with Gasteiger partial charge in [0, 0.05) is 18.5 Å². The van der Waals surface area contributed by atoms with Crippen molar-refractivity contribution in [1.82, 2.24) is 0 Å². The summed E-state index contributed by atoms with van der Waals surface area (Å²) < 4.78 is 4.95. The second-order valence-corrected chi connectivity index (χ2v) is 5.41. The van der Waals surface area contributed by atoms with Crippen LogP contribution in [0.2, 0.25) is 5.02 Å². The molecule has 0 saturated heterocycles. The van der Waals surface area contributed by atoms with E-state index >= 15 is 0 Å². The Hall–Kier alpha value is -2.57. The van der Waals surface area contributed by atoms with Crippen LogP contribution in [-0.4, -0.2) is 25.2 Å². The smallest absolute Gasteiger partial charge is 0.323 e. The quantitative estimate of drug-likeness (QED) is 0.766. The van der Waals surface area contributed by atoms with Crippen molar-refractivity contribution >= 4 is 40.6 Å². The predicted octanol–water partition coefficient (Wildman–Crippen LogP) is 3.96. The Morgan fingerprint density at radius 2 is 1.67 bits per heavy atom. The zero-order chi connectivity index (χ0) is 17.5. The molecule has 1 atom stereocenters. The molecule has 0 spiro atoms. The second-order valence-electron chi connectivity index (χ2n) is 5.01. The number of ether oxygens (including phenoxy) is 1. The largest absolute Gasteiger partial charge is 0.372 e. The fourth-order valence-corrected chi connectivity index (χ4v) is 2.06. The minimum Gasteiger partial charge on any atom is -0.372 e. The van der Waals surface area contributed by atoms with Crippen molar-refractivity contribution in [3.8, 4) is 0 Å². The number of anilines is 3. The SMILES string of the molecule is CO[C@H](C)C(=O)Nc1cccc(NC(=O)Nc2ccccc2Cl)c1. The number of carbonyl (C=O) groups excluding carboxylic acids is 2. The molecule has 7 heteroatoms. The van der Waals surface area contributed by atoms with Gasteiger partial charge in [-0.2, -0.15) is 0 Å². The maximum atomic E-state index is 12.0. The third-order valence-electron chi connectivity index (χ3n) is 3.23. The molecule has 0 unspecified atom stereocenters. The summed E-state index contributed by atoms with van der Waals surface area (Å²) in [5.74, 6) is -0.268. The second kappa shape index (κ2) is 8.33. The standard InChI is InChI=1S/C17H18ClN3O3/c1-11(24-2)16(22)19-12-6-5-7-13(10-12)20-17(23)21-15-9-4-3-8-14(15)18/h3-11H,1-2H3,(H,19,22)(H2,20,21,23)/t11-/m1/s1. The van der Waals surface area contributed by atoms with Crippen molar-refractivity contribution in [1.29, 1.82) is 0 Å². The first-order chi connectivity index (χ1) is 11.5. The van der Waals surface area contributed by atoms with Crippen molar-refractivity contribution in [2.75, 3.05) is 23.1 Å². The molecule has 3 N–H and O–H groups in total. The highest BCUT2D eigenvalue weighted by Gasteiger charge is 2.12. The Bertz CT molecular complexity index is 737. The first-order valence-electron chi connectivity index (χ1n) is 7.26. The van der Waals surface area contributed by atoms with Crippen LogP contribution in [0.4, 0.5) is 21.9 Å². The molecule has 2 rings (SSSR count). The van der Waals surface area contributed by atoms with E-state index in [1.807, 2.05) is 0 Å². The molecule has 2 aromatic rings. The molecule has 6 nitrogen and oxygen atoms in total. The molecule has 0 fully saturated rings. The molecule has 0 aliphatic rings. The zero-order valence-corrected chi connectivity index (χ0v) is 14.1. The third-order valence-corrected chi connectivity index (χ3v) is 3.56. The summed E-state index contributed by atoms with van der Waals surface area (Å²) >= 11 is 6.00. The van der Waals surface area contributed by atoms with Gasteiger partial charge in [0.25, 0.3) is 5.91 Å². The number of methoxy groups -OCH3 is 1. The Morgan fingerprint density at radius 3 is 2.33 bits per heavy atom. The molecule has 0 saturated carbocycles. The number of amides is 3. The van der Waals surface area contributed by atoms with Gasteiger partial charge in [-0.25, -0.2) is 4.79 Å². The Labute approximate surface area is 145 Å². The lowest BCUT2D eigenvalue weighted by molar-refractivity contribution is -0.124. The van der Waals surface area contributed by atoms with Gasteiger partial charge in [-0.1, -0.05) is 29.8 Å². The van der Waals surface area contributed by atoms with Crippen LogP contribution in [0.5, 0.6) is 0 Å². The molecular weight excluding hydrogens is 330 g/mol. The van der Waals surface area contributed by atoms with E-state index in [9.17, 15) is 9.59 Å². The topological polar surface area (TPSA) is 79.5 Å². The van der Waals surface area contributed by atoms with Crippen molar-refractivity contribution in [3.63, 3.8) is 0 Å². The van der Waals surface area contributed by atoms with Gasteiger partial charge in [-0.05, 0) is 37.3 Å². The van der Waals surface area contributed by atoms with Gasteiger partial charge in [-0.15, -0.1) is 0 Å². The van der Waals surface area contributed by atoms with Crippen LogP contribution in [0.3, 0.4) is 0 Å². The van der Waals surface area contributed by atoms with E-state index in [1.54, 1.807) is 55.5 Å². The van der Waals surface area contributed by atoms with Gasteiger partial charge >= 0.3 is 6.03 Å². The lowest BCUT2D eigenvalue weighted by Gasteiger charge is -2.12. The fraction of sp³-hybridized carbons (Fsp3) is 0.176. The van der Waals surface area contributed by atoms with E-state index in [1.165, 1.54) is 7.11 Å². The average molecular weight is 348 g/mol. The van der Waals surface area contributed by atoms with Crippen molar-refractivity contribution in [2.45, 2.75) is 13.0 Å². The Balaban J connectivity index is 2.00. The number of carbonyl (C=O) groups is 2. The molecule has 2 aromatic carbocycles. The van der Waals surface area contributed by atoms with E-state index in [2.05, 4.69) is 16.0 Å². The van der Waals surface area contributed by atoms with Crippen LogP contribution < -0.4 is 16.0 Å². The van der Waals surface area contributed by atoms with Crippen LogP contribution in [0.1, 0.15) is 6.92 Å². The fourth-order valence-electron chi connectivity index (χ4n) is 1.87. The molecule has 3 amide bonds. The summed E-state index contributed by atoms with van der Waals surface area (Å²) in [5.41, 5.74) is 1.59. The molecule has 24 heavy (non-hydrogen) atoms. The number of para-hydroxylation sites is 1. The minimum absolute atomic E-state index is 0.268. The summed E-state index contributed by atoms with van der Waals surface area (Å²) in [6.45, 7) is 1.65. The maximum absolute atomic E-state index is 12.0. The number of hydrogen-bond acceptors (Lipinski definition) is 3. The van der Waals surface area contributed by atoms with Gasteiger partial charge in [0.1, 0.15) is 6.10 Å². The molecule has 0 bridgehead atoms. The van der Waals surface area contributed by atoms with Gasteiger partial charge in [0.05, 0.1) is 10.7 Å². The normalized spacial score (nSPS) is 11.5. The number of halogens is 1. The molecule has 0 aliphatic heterocycles. The highest BCUT2D eigenvalue weighted by Crippen LogP contribution is 2.21. The van der Waals surface area contributed by atoms with Gasteiger partial charge < -0.3 is 20.7 Å². The minimum atomic E-state index is -0.565. The summed E-state index contributed by atoms with van der Waals surface area (Å²) in [6.07, 6.45) is -0.565. The number of rotatable bonds is 5. The van der Waals surface area contributed by atoms with Crippen LogP contribution in [0.25, 0.3) is 0 Å². The average Bonchev–Trinajstić information content (AvgIpc) is 2.56. The van der Waals surface area contributed by atoms with Gasteiger partial charge in [-0.3, -0.25) is 4.79 Å². The van der Waals surface area contributed by atoms with E-state index in [4.69, 9.17) is 16.3 Å². The first kappa shape index (κ1) is 17.8. The summed E-state index contributed by atoms with van der Waals surface area (Å²) in [6, 6.07) is 13.3. The van der Waals surface area contributed by atoms with Gasteiger partial charge in [0.15, 0.2) is 0 Å². The monoisotopic (exact) mass is 347 g/mol. The van der Waals surface area contributed by atoms with E-state index in [-0.39, 0.29) is 5.91 Å². The first-order valence-corrected chi connectivity index (χ1v) is 7.63. The Morgan fingerprint density at radius 1 is 1.00 bits per heavy atom. The molecule has 0 radical (unpaired) electrons. The van der Waals surface area contributed by atoms with Crippen molar-refractivity contribution in [3.05, 3.63) is 53.6 Å². The molecule has 0 heterocycles. The van der Waals surface area contributed by atoms with Crippen molar-refractivity contribution in [2.24, 2.45) is 0 Å². The van der Waals surface area contributed by atoms with E-state index in [0.717, 1.165) is 0 Å². The molecule has 0 aromatic heterocycles. The number of benzene rings is 2. The van der Waals surface area contributed by atoms with Crippen molar-refractivity contribution < 1.29 is 14.3 Å². The number of urea groups is 1. The Kier molecular flexibility index (Phi) is 6.17. The number of nitrogens with one attached hydrogen (secondary N) is 3. The molecule has 0 aliphatic carbocycles. The van der Waals surface area contributed by atoms with Crippen LogP contribution >= 0.6 is 11.6 Å². The van der Waals surface area contributed by atoms with E-state index in [0.29, 0.717) is 22.1 Å². The highest BCUT2D eigenvalue weighted by molar-refractivity contribution is 6.33. The maximum Gasteiger partial charge on any atom is 0.323 e. The predicted molar refractivity (Wildman–Crippen MR) is 95.6 cm³/mol. The van der Waals surface area contributed by atoms with E-state index < -0.39 is 12.1 Å². The van der Waals surface area contributed by atoms with Crippen LogP contribution in [0.15, 0.2) is 48.5 Å². The van der Waals surface area contributed by atoms with Crippen LogP contribution in [0, 0.1) is 0 Å². The third kappa shape index (κ3) is 4.97. The highest BCUT2D eigenvalue weighted by atomic mass is 35.5. The lowest BCUT2D eigenvalue weighted by Crippen LogP contribution is -2.26. The van der Waals surface area contributed by atoms with Crippen LogP contribution in [-0.2, 0) is 9.53 Å². The number of hydrogen-bond donors (Lipinski definition) is 3. The lowest BCUT2D eigenvalue weighted by atomic mass is 10.2. The molecule has 126 valence electrons. The molecular formula is C17H18ClN3O3.